The first-order valence-corrected chi connectivity index (χ1v) is 10.5. The van der Waals surface area contributed by atoms with Crippen LogP contribution in [0.4, 0.5) is 11.4 Å². The molecule has 1 aromatic carbocycles. The van der Waals surface area contributed by atoms with E-state index in [0.29, 0.717) is 18.8 Å². The molecule has 0 atom stereocenters. The van der Waals surface area contributed by atoms with Crippen LogP contribution in [0.15, 0.2) is 52.3 Å². The number of hydrogen-bond acceptors (Lipinski definition) is 6. The van der Waals surface area contributed by atoms with E-state index >= 15 is 0 Å². The van der Waals surface area contributed by atoms with E-state index in [1.807, 2.05) is 0 Å². The van der Waals surface area contributed by atoms with Crippen LogP contribution in [-0.4, -0.2) is 41.2 Å². The Morgan fingerprint density at radius 3 is 2.34 bits per heavy atom. The van der Waals surface area contributed by atoms with Crippen molar-refractivity contribution in [2.75, 3.05) is 18.4 Å². The van der Waals surface area contributed by atoms with Crippen LogP contribution in [0.5, 0.6) is 0 Å². The number of carbonyl (C=O) groups is 1. The highest BCUT2D eigenvalue weighted by atomic mass is 32.2. The number of piperidine rings is 1. The first-order valence-electron chi connectivity index (χ1n) is 9.02. The number of carbonyl (C=O) groups excluding carboxylic acids is 1. The van der Waals surface area contributed by atoms with E-state index in [0.717, 1.165) is 42.2 Å². The molecule has 3 rings (SSSR count). The Balaban J connectivity index is 1.68. The summed E-state index contributed by atoms with van der Waals surface area (Å²) in [6.07, 6.45) is 3.69. The van der Waals surface area contributed by atoms with Gasteiger partial charge in [-0.05, 0) is 37.1 Å². The lowest BCUT2D eigenvalue weighted by Gasteiger charge is -2.25. The van der Waals surface area contributed by atoms with Crippen LogP contribution in [0.25, 0.3) is 0 Å². The number of hydrogen-bond donors (Lipinski definition) is 1. The molecule has 0 bridgehead atoms. The van der Waals surface area contributed by atoms with Crippen molar-refractivity contribution < 1.29 is 18.1 Å². The maximum Gasteiger partial charge on any atom is 0.285 e. The van der Waals surface area contributed by atoms with Gasteiger partial charge < -0.3 is 5.32 Å². The predicted octanol–water partition coefficient (Wildman–Crippen LogP) is 1.57. The summed E-state index contributed by atoms with van der Waals surface area (Å²) in [7, 11) is -3.56. The molecule has 0 radical (unpaired) electrons. The second-order valence-electron chi connectivity index (χ2n) is 6.65. The number of amides is 1. The van der Waals surface area contributed by atoms with Crippen LogP contribution in [0.2, 0.25) is 0 Å². The summed E-state index contributed by atoms with van der Waals surface area (Å²) in [5, 5.41) is 13.4. The van der Waals surface area contributed by atoms with Gasteiger partial charge in [-0.15, -0.1) is 0 Å². The normalized spacial score (nSPS) is 15.0. The molecule has 1 N–H and O–H groups in total. The second kappa shape index (κ2) is 8.53. The molecule has 1 fully saturated rings. The van der Waals surface area contributed by atoms with Crippen LogP contribution < -0.4 is 10.9 Å². The molecular weight excluding hydrogens is 400 g/mol. The molecule has 1 aromatic heterocycles. The fourth-order valence-corrected chi connectivity index (χ4v) is 4.59. The van der Waals surface area contributed by atoms with E-state index < -0.39 is 33.0 Å². The van der Waals surface area contributed by atoms with Gasteiger partial charge in [0, 0.05) is 30.9 Å². The highest BCUT2D eigenvalue weighted by molar-refractivity contribution is 7.89. The molecule has 29 heavy (non-hydrogen) atoms. The average Bonchev–Trinajstić information content (AvgIpc) is 2.70. The summed E-state index contributed by atoms with van der Waals surface area (Å²) in [5.74, 6) is -0.570. The molecule has 154 valence electrons. The SMILES string of the molecule is O=C(Cn1cc([N+](=O)[O-])ccc1=O)Nc1ccc(S(=O)(=O)N2CCCCC2)cc1. The fraction of sp³-hybridized carbons (Fsp3) is 0.333. The maximum atomic E-state index is 12.6. The van der Waals surface area contributed by atoms with Gasteiger partial charge in [-0.1, -0.05) is 6.42 Å². The third-order valence-corrected chi connectivity index (χ3v) is 6.50. The molecule has 2 aromatic rings. The topological polar surface area (TPSA) is 132 Å². The van der Waals surface area contributed by atoms with Gasteiger partial charge in [-0.3, -0.25) is 24.3 Å². The van der Waals surface area contributed by atoms with E-state index in [1.165, 1.54) is 28.6 Å². The van der Waals surface area contributed by atoms with Gasteiger partial charge in [0.2, 0.25) is 15.9 Å². The Bertz CT molecular complexity index is 1070. The predicted molar refractivity (Wildman–Crippen MR) is 105 cm³/mol. The van der Waals surface area contributed by atoms with Crippen molar-refractivity contribution in [1.29, 1.82) is 0 Å². The second-order valence-corrected chi connectivity index (χ2v) is 8.59. The van der Waals surface area contributed by atoms with Crippen molar-refractivity contribution in [3.8, 4) is 0 Å². The van der Waals surface area contributed by atoms with Crippen LogP contribution in [0.1, 0.15) is 19.3 Å². The number of aromatic nitrogens is 1. The Kier molecular flexibility index (Phi) is 6.09. The zero-order valence-corrected chi connectivity index (χ0v) is 16.3. The van der Waals surface area contributed by atoms with Gasteiger partial charge in [0.15, 0.2) is 0 Å². The maximum absolute atomic E-state index is 12.6. The van der Waals surface area contributed by atoms with Crippen molar-refractivity contribution in [3.63, 3.8) is 0 Å². The molecule has 0 spiro atoms. The number of nitrogens with zero attached hydrogens (tertiary/aromatic N) is 3. The average molecular weight is 420 g/mol. The number of benzene rings is 1. The van der Waals surface area contributed by atoms with Gasteiger partial charge in [0.05, 0.1) is 16.0 Å². The van der Waals surface area contributed by atoms with Crippen LogP contribution in [0, 0.1) is 10.1 Å². The minimum absolute atomic E-state index is 0.146. The van der Waals surface area contributed by atoms with E-state index in [4.69, 9.17) is 0 Å². The zero-order chi connectivity index (χ0) is 21.0. The largest absolute Gasteiger partial charge is 0.325 e. The molecule has 1 aliphatic heterocycles. The summed E-state index contributed by atoms with van der Waals surface area (Å²) in [6.45, 7) is 0.589. The number of sulfonamides is 1. The molecule has 2 heterocycles. The van der Waals surface area contributed by atoms with Crippen molar-refractivity contribution in [1.82, 2.24) is 8.87 Å². The molecule has 11 heteroatoms. The summed E-state index contributed by atoms with van der Waals surface area (Å²) < 4.78 is 27.7. The van der Waals surface area contributed by atoms with E-state index in [9.17, 15) is 28.1 Å². The number of rotatable bonds is 6. The highest BCUT2D eigenvalue weighted by Gasteiger charge is 2.25. The van der Waals surface area contributed by atoms with E-state index in [-0.39, 0.29) is 10.6 Å². The lowest BCUT2D eigenvalue weighted by Crippen LogP contribution is -2.35. The number of nitro groups is 1. The highest BCUT2D eigenvalue weighted by Crippen LogP contribution is 2.22. The number of nitrogens with one attached hydrogen (secondary N) is 1. The number of pyridine rings is 1. The Hall–Kier alpha value is -3.05. The van der Waals surface area contributed by atoms with E-state index in [2.05, 4.69) is 5.32 Å². The first-order chi connectivity index (χ1) is 13.8. The standard InChI is InChI=1S/C18H20N4O6S/c23-17(13-20-12-15(22(25)26)6-9-18(20)24)19-14-4-7-16(8-5-14)29(27,28)21-10-2-1-3-11-21/h4-9,12H,1-3,10-11,13H2,(H,19,23). The summed E-state index contributed by atoms with van der Waals surface area (Å²) in [6, 6.07) is 7.85. The minimum atomic E-state index is -3.56. The quantitative estimate of drug-likeness (QED) is 0.557. The minimum Gasteiger partial charge on any atom is -0.325 e. The van der Waals surface area contributed by atoms with E-state index in [1.54, 1.807) is 0 Å². The van der Waals surface area contributed by atoms with Gasteiger partial charge in [-0.2, -0.15) is 4.31 Å². The van der Waals surface area contributed by atoms with Gasteiger partial charge in [0.25, 0.3) is 11.2 Å². The number of anilines is 1. The van der Waals surface area contributed by atoms with Gasteiger partial charge in [0.1, 0.15) is 6.54 Å². The molecule has 0 saturated carbocycles. The Labute approximate surface area is 167 Å². The van der Waals surface area contributed by atoms with Crippen molar-refractivity contribution >= 4 is 27.3 Å². The molecule has 0 aliphatic carbocycles. The lowest BCUT2D eigenvalue weighted by molar-refractivity contribution is -0.385. The molecule has 1 aliphatic rings. The zero-order valence-electron chi connectivity index (χ0n) is 15.5. The Morgan fingerprint density at radius 2 is 1.72 bits per heavy atom. The van der Waals surface area contributed by atoms with Gasteiger partial charge >= 0.3 is 0 Å². The molecule has 1 amide bonds. The summed E-state index contributed by atoms with van der Waals surface area (Å²) in [5.41, 5.74) is -0.496. The molecule has 1 saturated heterocycles. The van der Waals surface area contributed by atoms with Crippen molar-refractivity contribution in [3.05, 3.63) is 63.1 Å². The smallest absolute Gasteiger partial charge is 0.285 e. The fourth-order valence-electron chi connectivity index (χ4n) is 3.07. The summed E-state index contributed by atoms with van der Waals surface area (Å²) in [4.78, 5) is 34.2. The van der Waals surface area contributed by atoms with Crippen LogP contribution in [0.3, 0.4) is 0 Å². The van der Waals surface area contributed by atoms with Gasteiger partial charge in [-0.25, -0.2) is 8.42 Å². The Morgan fingerprint density at radius 1 is 1.07 bits per heavy atom. The van der Waals surface area contributed by atoms with Crippen LogP contribution >= 0.6 is 0 Å². The lowest BCUT2D eigenvalue weighted by atomic mass is 10.2. The summed E-state index contributed by atoms with van der Waals surface area (Å²) >= 11 is 0. The third-order valence-electron chi connectivity index (χ3n) is 4.58. The third kappa shape index (κ3) is 4.87. The molecular formula is C18H20N4O6S. The first kappa shape index (κ1) is 20.7. The monoisotopic (exact) mass is 420 g/mol. The van der Waals surface area contributed by atoms with Crippen molar-refractivity contribution in [2.45, 2.75) is 30.7 Å². The molecule has 0 unspecified atom stereocenters. The van der Waals surface area contributed by atoms with Crippen molar-refractivity contribution in [2.24, 2.45) is 0 Å². The van der Waals surface area contributed by atoms with Crippen LogP contribution in [-0.2, 0) is 21.4 Å². The molecule has 10 nitrogen and oxygen atoms in total.